The maximum atomic E-state index is 11.2. The molecule has 1 rings (SSSR count). The van der Waals surface area contributed by atoms with Crippen molar-refractivity contribution in [2.75, 3.05) is 13.7 Å². The molecule has 6 nitrogen and oxygen atoms in total. The van der Waals surface area contributed by atoms with E-state index in [4.69, 9.17) is 5.73 Å². The number of amides is 1. The minimum Gasteiger partial charge on any atom is -0.467 e. The molecule has 4 N–H and O–H groups in total. The molecule has 0 aromatic carbocycles. The molecule has 0 saturated carbocycles. The Labute approximate surface area is 87.8 Å². The Bertz CT molecular complexity index is 256. The van der Waals surface area contributed by atoms with Crippen molar-refractivity contribution in [3.63, 3.8) is 0 Å². The van der Waals surface area contributed by atoms with Gasteiger partial charge in [0, 0.05) is 18.5 Å². The maximum Gasteiger partial charge on any atom is 0.336 e. The average Bonchev–Trinajstić information content (AvgIpc) is 2.62. The summed E-state index contributed by atoms with van der Waals surface area (Å²) in [6.07, 6.45) is -0.369. The first-order chi connectivity index (χ1) is 7.06. The number of hydrogen-bond donors (Lipinski definition) is 3. The summed E-state index contributed by atoms with van der Waals surface area (Å²) in [5.74, 6) is -1.04. The van der Waals surface area contributed by atoms with Crippen LogP contribution in [0.2, 0.25) is 0 Å². The van der Waals surface area contributed by atoms with Gasteiger partial charge in [-0.05, 0) is 12.8 Å². The number of carbonyl (C=O) groups is 2. The van der Waals surface area contributed by atoms with Gasteiger partial charge in [0.1, 0.15) is 0 Å². The van der Waals surface area contributed by atoms with Gasteiger partial charge in [0.05, 0.1) is 7.11 Å². The summed E-state index contributed by atoms with van der Waals surface area (Å²) in [6.45, 7) is 0.630. The number of nitrogens with two attached hydrogens (primary N) is 1. The molecule has 1 heterocycles. The van der Waals surface area contributed by atoms with Gasteiger partial charge in [-0.15, -0.1) is 0 Å². The lowest BCUT2D eigenvalue weighted by Gasteiger charge is -2.18. The first-order valence-electron chi connectivity index (χ1n) is 4.85. The van der Waals surface area contributed by atoms with Crippen LogP contribution in [0.25, 0.3) is 0 Å². The summed E-state index contributed by atoms with van der Waals surface area (Å²) in [5, 5.41) is 12.1. The van der Waals surface area contributed by atoms with E-state index in [1.807, 2.05) is 0 Å². The topological polar surface area (TPSA) is 102 Å². The Hall–Kier alpha value is -1.14. The molecule has 0 aliphatic carbocycles. The number of rotatable bonds is 4. The zero-order chi connectivity index (χ0) is 11.4. The van der Waals surface area contributed by atoms with Crippen LogP contribution in [0.1, 0.15) is 12.8 Å². The van der Waals surface area contributed by atoms with E-state index in [1.165, 1.54) is 7.11 Å². The van der Waals surface area contributed by atoms with Crippen LogP contribution in [0, 0.1) is 5.92 Å². The summed E-state index contributed by atoms with van der Waals surface area (Å²) in [5.41, 5.74) is 5.60. The molecule has 1 aliphatic rings. The summed E-state index contributed by atoms with van der Waals surface area (Å²) in [7, 11) is 1.18. The average molecular weight is 216 g/mol. The number of aliphatic hydroxyl groups excluding tert-OH is 1. The van der Waals surface area contributed by atoms with Crippen molar-refractivity contribution < 1.29 is 19.4 Å². The van der Waals surface area contributed by atoms with Crippen molar-refractivity contribution in [2.45, 2.75) is 25.0 Å². The van der Waals surface area contributed by atoms with E-state index in [9.17, 15) is 14.7 Å². The lowest BCUT2D eigenvalue weighted by Crippen LogP contribution is -2.43. The van der Waals surface area contributed by atoms with E-state index in [1.54, 1.807) is 0 Å². The summed E-state index contributed by atoms with van der Waals surface area (Å²) in [6, 6.07) is -0.758. The van der Waals surface area contributed by atoms with Gasteiger partial charge < -0.3 is 20.9 Å². The van der Waals surface area contributed by atoms with Gasteiger partial charge in [0.2, 0.25) is 5.91 Å². The molecule has 1 unspecified atom stereocenters. The molecule has 86 valence electrons. The number of hydrogen-bond acceptors (Lipinski definition) is 5. The molecular formula is C9H16N2O4. The van der Waals surface area contributed by atoms with Gasteiger partial charge in [0.25, 0.3) is 0 Å². The molecule has 1 saturated heterocycles. The molecule has 1 amide bonds. The standard InChI is InChI=1S/C9H16N2O4/c1-15-9(14)7(12)6(10)4-5-2-3-11-8(5)13/h5-7,12H,2-4,10H2,1H3,(H,11,13)/t5-,6-,7?/m0/s1. The summed E-state index contributed by atoms with van der Waals surface area (Å²) >= 11 is 0. The summed E-state index contributed by atoms with van der Waals surface area (Å²) < 4.78 is 4.35. The van der Waals surface area contributed by atoms with Crippen LogP contribution in [0.15, 0.2) is 0 Å². The number of aliphatic hydroxyl groups is 1. The second-order valence-electron chi connectivity index (χ2n) is 3.64. The third kappa shape index (κ3) is 2.90. The Kier molecular flexibility index (Phi) is 4.05. The molecule has 1 aliphatic heterocycles. The SMILES string of the molecule is COC(=O)C(O)[C@@H](N)C[C@@H]1CCNC1=O. The molecule has 0 radical (unpaired) electrons. The lowest BCUT2D eigenvalue weighted by atomic mass is 9.96. The Balaban J connectivity index is 2.43. The highest BCUT2D eigenvalue weighted by Crippen LogP contribution is 2.16. The van der Waals surface area contributed by atoms with Gasteiger partial charge in [-0.2, -0.15) is 0 Å². The second kappa shape index (κ2) is 5.09. The van der Waals surface area contributed by atoms with Crippen LogP contribution in [0.3, 0.4) is 0 Å². The van der Waals surface area contributed by atoms with Crippen LogP contribution in [-0.2, 0) is 14.3 Å². The Morgan fingerprint density at radius 1 is 1.80 bits per heavy atom. The van der Waals surface area contributed by atoms with E-state index in [0.29, 0.717) is 19.4 Å². The Morgan fingerprint density at radius 3 is 2.93 bits per heavy atom. The van der Waals surface area contributed by atoms with Gasteiger partial charge >= 0.3 is 5.97 Å². The molecule has 0 aromatic heterocycles. The quantitative estimate of drug-likeness (QED) is 0.490. The van der Waals surface area contributed by atoms with Crippen molar-refractivity contribution in [1.29, 1.82) is 0 Å². The van der Waals surface area contributed by atoms with Crippen LogP contribution in [0.5, 0.6) is 0 Å². The summed E-state index contributed by atoms with van der Waals surface area (Å²) in [4.78, 5) is 22.2. The van der Waals surface area contributed by atoms with Gasteiger partial charge in [-0.25, -0.2) is 4.79 Å². The van der Waals surface area contributed by atoms with Crippen LogP contribution in [0.4, 0.5) is 0 Å². The number of methoxy groups -OCH3 is 1. The minimum atomic E-state index is -1.36. The molecule has 15 heavy (non-hydrogen) atoms. The van der Waals surface area contributed by atoms with E-state index < -0.39 is 18.1 Å². The van der Waals surface area contributed by atoms with E-state index in [-0.39, 0.29) is 11.8 Å². The zero-order valence-electron chi connectivity index (χ0n) is 8.60. The fourth-order valence-electron chi connectivity index (χ4n) is 1.62. The fourth-order valence-corrected chi connectivity index (χ4v) is 1.62. The highest BCUT2D eigenvalue weighted by molar-refractivity contribution is 5.81. The van der Waals surface area contributed by atoms with Gasteiger partial charge in [-0.1, -0.05) is 0 Å². The number of ether oxygens (including phenoxy) is 1. The highest BCUT2D eigenvalue weighted by atomic mass is 16.5. The Morgan fingerprint density at radius 2 is 2.47 bits per heavy atom. The predicted molar refractivity (Wildman–Crippen MR) is 51.7 cm³/mol. The molecule has 1 fully saturated rings. The van der Waals surface area contributed by atoms with E-state index in [0.717, 1.165) is 0 Å². The fraction of sp³-hybridized carbons (Fsp3) is 0.778. The predicted octanol–water partition coefficient (Wildman–Crippen LogP) is -1.63. The first kappa shape index (κ1) is 11.9. The molecule has 0 spiro atoms. The number of nitrogens with one attached hydrogen (secondary N) is 1. The van der Waals surface area contributed by atoms with Crippen molar-refractivity contribution in [3.8, 4) is 0 Å². The largest absolute Gasteiger partial charge is 0.467 e. The van der Waals surface area contributed by atoms with Crippen molar-refractivity contribution in [1.82, 2.24) is 5.32 Å². The normalized spacial score (nSPS) is 24.5. The van der Waals surface area contributed by atoms with Crippen molar-refractivity contribution >= 4 is 11.9 Å². The molecule has 6 heteroatoms. The molecule has 0 bridgehead atoms. The maximum absolute atomic E-state index is 11.2. The lowest BCUT2D eigenvalue weighted by molar-refractivity contribution is -0.151. The van der Waals surface area contributed by atoms with Crippen LogP contribution < -0.4 is 11.1 Å². The second-order valence-corrected chi connectivity index (χ2v) is 3.64. The van der Waals surface area contributed by atoms with Gasteiger partial charge in [-0.3, -0.25) is 4.79 Å². The van der Waals surface area contributed by atoms with Crippen LogP contribution >= 0.6 is 0 Å². The minimum absolute atomic E-state index is 0.0671. The molecule has 3 atom stereocenters. The monoisotopic (exact) mass is 216 g/mol. The highest BCUT2D eigenvalue weighted by Gasteiger charge is 2.31. The third-order valence-corrected chi connectivity index (χ3v) is 2.57. The number of carbonyl (C=O) groups excluding carboxylic acids is 2. The van der Waals surface area contributed by atoms with Crippen LogP contribution in [-0.4, -0.2) is 42.8 Å². The number of esters is 1. The smallest absolute Gasteiger partial charge is 0.336 e. The van der Waals surface area contributed by atoms with Crippen molar-refractivity contribution in [2.24, 2.45) is 11.7 Å². The van der Waals surface area contributed by atoms with E-state index in [2.05, 4.69) is 10.1 Å². The van der Waals surface area contributed by atoms with E-state index >= 15 is 0 Å². The molecular weight excluding hydrogens is 200 g/mol. The first-order valence-corrected chi connectivity index (χ1v) is 4.85. The molecule has 0 aromatic rings. The third-order valence-electron chi connectivity index (χ3n) is 2.57. The van der Waals surface area contributed by atoms with Crippen molar-refractivity contribution in [3.05, 3.63) is 0 Å². The zero-order valence-corrected chi connectivity index (χ0v) is 8.60. The van der Waals surface area contributed by atoms with Gasteiger partial charge in [0.15, 0.2) is 6.10 Å².